The van der Waals surface area contributed by atoms with Gasteiger partial charge in [-0.2, -0.15) is 0 Å². The normalized spacial score (nSPS) is 17.4. The zero-order chi connectivity index (χ0) is 14.9. The molecule has 1 aliphatic heterocycles. The molecule has 0 aromatic heterocycles. The van der Waals surface area contributed by atoms with Gasteiger partial charge in [-0.25, -0.2) is 0 Å². The highest BCUT2D eigenvalue weighted by molar-refractivity contribution is 14.1. The highest BCUT2D eigenvalue weighted by Gasteiger charge is 2.31. The van der Waals surface area contributed by atoms with Crippen LogP contribution in [0.5, 0.6) is 5.75 Å². The largest absolute Gasteiger partial charge is 0.506 e. The summed E-state index contributed by atoms with van der Waals surface area (Å²) >= 11 is 10.7. The van der Waals surface area contributed by atoms with E-state index >= 15 is 0 Å². The number of hydrogen-bond acceptors (Lipinski definition) is 4. The number of aromatic hydroxyl groups is 1. The maximum atomic E-state index is 12.2. The fourth-order valence-electron chi connectivity index (χ4n) is 1.74. The molecular formula is C13H11I2NO2S2. The van der Waals surface area contributed by atoms with Gasteiger partial charge in [0.2, 0.25) is 0 Å². The van der Waals surface area contributed by atoms with E-state index in [-0.39, 0.29) is 11.7 Å². The van der Waals surface area contributed by atoms with Crippen molar-refractivity contribution in [1.29, 1.82) is 0 Å². The second-order valence-electron chi connectivity index (χ2n) is 4.17. The Hall–Kier alpha value is 0.130. The molecule has 0 aliphatic carbocycles. The van der Waals surface area contributed by atoms with Crippen LogP contribution in [-0.4, -0.2) is 26.8 Å². The summed E-state index contributed by atoms with van der Waals surface area (Å²) in [6.07, 6.45) is 2.72. The van der Waals surface area contributed by atoms with Crippen molar-refractivity contribution in [3.63, 3.8) is 0 Å². The molecule has 1 amide bonds. The number of carbonyl (C=O) groups is 1. The van der Waals surface area contributed by atoms with Crippen LogP contribution in [0.4, 0.5) is 0 Å². The van der Waals surface area contributed by atoms with Crippen LogP contribution in [0.3, 0.4) is 0 Å². The molecule has 7 heteroatoms. The average molecular weight is 531 g/mol. The lowest BCUT2D eigenvalue weighted by atomic mass is 10.2. The first kappa shape index (κ1) is 16.5. The van der Waals surface area contributed by atoms with Gasteiger partial charge in [0.15, 0.2) is 0 Å². The predicted octanol–water partition coefficient (Wildman–Crippen LogP) is 4.21. The van der Waals surface area contributed by atoms with Crippen LogP contribution in [0.2, 0.25) is 0 Å². The molecule has 1 heterocycles. The molecule has 1 N–H and O–H groups in total. The monoisotopic (exact) mass is 531 g/mol. The van der Waals surface area contributed by atoms with E-state index in [1.54, 1.807) is 4.90 Å². The van der Waals surface area contributed by atoms with Gasteiger partial charge in [-0.05, 0) is 75.4 Å². The third kappa shape index (κ3) is 3.47. The van der Waals surface area contributed by atoms with Crippen molar-refractivity contribution in [3.05, 3.63) is 29.7 Å². The van der Waals surface area contributed by atoms with E-state index in [0.717, 1.165) is 19.1 Å². The number of thiocarbonyl (C=S) groups is 1. The molecule has 0 bridgehead atoms. The Kier molecular flexibility index (Phi) is 5.71. The van der Waals surface area contributed by atoms with Gasteiger partial charge in [-0.15, -0.1) is 0 Å². The lowest BCUT2D eigenvalue weighted by Gasteiger charge is -2.11. The first-order chi connectivity index (χ1) is 9.43. The molecule has 1 aromatic carbocycles. The van der Waals surface area contributed by atoms with Gasteiger partial charge in [-0.1, -0.05) is 30.9 Å². The summed E-state index contributed by atoms with van der Waals surface area (Å²) in [6.45, 7) is 2.68. The number of hydrogen-bond donors (Lipinski definition) is 1. The van der Waals surface area contributed by atoms with Gasteiger partial charge in [-0.3, -0.25) is 9.69 Å². The van der Waals surface area contributed by atoms with Crippen molar-refractivity contribution in [2.24, 2.45) is 0 Å². The fourth-order valence-corrected chi connectivity index (χ4v) is 4.86. The smallest absolute Gasteiger partial charge is 0.266 e. The minimum atomic E-state index is -0.0278. The summed E-state index contributed by atoms with van der Waals surface area (Å²) in [7, 11) is 0. The molecule has 2 rings (SSSR count). The molecule has 1 saturated heterocycles. The molecule has 20 heavy (non-hydrogen) atoms. The van der Waals surface area contributed by atoms with Crippen LogP contribution < -0.4 is 0 Å². The Morgan fingerprint density at radius 2 is 2.00 bits per heavy atom. The van der Waals surface area contributed by atoms with Gasteiger partial charge in [0.05, 0.1) is 12.0 Å². The Morgan fingerprint density at radius 3 is 2.55 bits per heavy atom. The number of rotatable bonds is 3. The van der Waals surface area contributed by atoms with E-state index in [4.69, 9.17) is 12.2 Å². The first-order valence-electron chi connectivity index (χ1n) is 5.87. The first-order valence-corrected chi connectivity index (χ1v) is 9.25. The fraction of sp³-hybridized carbons (Fsp3) is 0.231. The van der Waals surface area contributed by atoms with Crippen molar-refractivity contribution in [2.75, 3.05) is 6.54 Å². The van der Waals surface area contributed by atoms with Crippen LogP contribution in [0.15, 0.2) is 17.0 Å². The molecule has 106 valence electrons. The van der Waals surface area contributed by atoms with Crippen LogP contribution in [0.1, 0.15) is 18.9 Å². The summed E-state index contributed by atoms with van der Waals surface area (Å²) < 4.78 is 2.15. The molecule has 0 spiro atoms. The van der Waals surface area contributed by atoms with Crippen molar-refractivity contribution in [2.45, 2.75) is 13.3 Å². The Bertz CT molecular complexity index is 593. The standard InChI is InChI=1S/C13H11I2NO2S2/c1-2-3-16-12(18)10(20-13(16)19)6-7-4-8(14)11(17)9(15)5-7/h4-6,17H,2-3H2,1H3/b10-6-. The van der Waals surface area contributed by atoms with Gasteiger partial charge >= 0.3 is 0 Å². The summed E-state index contributed by atoms with van der Waals surface area (Å²) in [5.74, 6) is 0.252. The van der Waals surface area contributed by atoms with Crippen molar-refractivity contribution >= 4 is 85.5 Å². The van der Waals surface area contributed by atoms with Crippen molar-refractivity contribution in [1.82, 2.24) is 4.90 Å². The summed E-state index contributed by atoms with van der Waals surface area (Å²) in [4.78, 5) is 14.5. The number of nitrogens with zero attached hydrogens (tertiary/aromatic N) is 1. The zero-order valence-electron chi connectivity index (χ0n) is 10.5. The molecule has 0 atom stereocenters. The van der Waals surface area contributed by atoms with Crippen molar-refractivity contribution in [3.8, 4) is 5.75 Å². The van der Waals surface area contributed by atoms with E-state index in [1.807, 2.05) is 25.1 Å². The Balaban J connectivity index is 2.33. The number of benzene rings is 1. The minimum absolute atomic E-state index is 0.0278. The molecular weight excluding hydrogens is 520 g/mol. The van der Waals surface area contributed by atoms with Crippen LogP contribution in [0, 0.1) is 7.14 Å². The van der Waals surface area contributed by atoms with E-state index in [0.29, 0.717) is 15.8 Å². The number of halogens is 2. The van der Waals surface area contributed by atoms with Gasteiger partial charge in [0.1, 0.15) is 10.1 Å². The van der Waals surface area contributed by atoms with E-state index < -0.39 is 0 Å². The van der Waals surface area contributed by atoms with E-state index in [9.17, 15) is 9.90 Å². The van der Waals surface area contributed by atoms with Gasteiger partial charge in [0.25, 0.3) is 5.91 Å². The topological polar surface area (TPSA) is 40.5 Å². The molecule has 0 unspecified atom stereocenters. The summed E-state index contributed by atoms with van der Waals surface area (Å²) in [5, 5.41) is 9.76. The molecule has 1 aromatic rings. The number of amides is 1. The quantitative estimate of drug-likeness (QED) is 0.361. The molecule has 1 fully saturated rings. The van der Waals surface area contributed by atoms with Gasteiger partial charge < -0.3 is 5.11 Å². The maximum absolute atomic E-state index is 12.2. The van der Waals surface area contributed by atoms with Crippen LogP contribution in [0.25, 0.3) is 6.08 Å². The van der Waals surface area contributed by atoms with E-state index in [1.165, 1.54) is 11.8 Å². The number of carbonyl (C=O) groups excluding carboxylic acids is 1. The third-order valence-corrected chi connectivity index (χ3v) is 5.68. The Labute approximate surface area is 154 Å². The number of thioether (sulfide) groups is 1. The lowest BCUT2D eigenvalue weighted by molar-refractivity contribution is -0.122. The minimum Gasteiger partial charge on any atom is -0.506 e. The summed E-state index contributed by atoms with van der Waals surface area (Å²) in [6, 6.07) is 3.70. The molecule has 1 aliphatic rings. The van der Waals surface area contributed by atoms with Crippen LogP contribution >= 0.6 is 69.2 Å². The highest BCUT2D eigenvalue weighted by atomic mass is 127. The zero-order valence-corrected chi connectivity index (χ0v) is 16.5. The van der Waals surface area contributed by atoms with E-state index in [2.05, 4.69) is 45.2 Å². The average Bonchev–Trinajstić information content (AvgIpc) is 2.64. The SMILES string of the molecule is CCCN1C(=O)/C(=C/c2cc(I)c(O)c(I)c2)SC1=S. The molecule has 0 saturated carbocycles. The number of phenolic OH excluding ortho intramolecular Hbond substituents is 1. The third-order valence-electron chi connectivity index (χ3n) is 2.66. The maximum Gasteiger partial charge on any atom is 0.266 e. The molecule has 0 radical (unpaired) electrons. The van der Waals surface area contributed by atoms with Gasteiger partial charge in [0, 0.05) is 6.54 Å². The predicted molar refractivity (Wildman–Crippen MR) is 104 cm³/mol. The second kappa shape index (κ2) is 6.93. The highest BCUT2D eigenvalue weighted by Crippen LogP contribution is 2.34. The second-order valence-corrected chi connectivity index (χ2v) is 8.17. The lowest BCUT2D eigenvalue weighted by Crippen LogP contribution is -2.28. The van der Waals surface area contributed by atoms with Crippen LogP contribution in [-0.2, 0) is 4.79 Å². The number of phenols is 1. The molecule has 3 nitrogen and oxygen atoms in total. The van der Waals surface area contributed by atoms with Crippen molar-refractivity contribution < 1.29 is 9.90 Å². The Morgan fingerprint density at radius 1 is 1.40 bits per heavy atom. The summed E-state index contributed by atoms with van der Waals surface area (Å²) in [5.41, 5.74) is 0.897.